The number of benzene rings is 2. The van der Waals surface area contributed by atoms with Gasteiger partial charge >= 0.3 is 0 Å². The Bertz CT molecular complexity index is 1990. The summed E-state index contributed by atoms with van der Waals surface area (Å²) in [7, 11) is 0. The lowest BCUT2D eigenvalue weighted by Gasteiger charge is -2.21. The predicted octanol–water partition coefficient (Wildman–Crippen LogP) is 6.82. The van der Waals surface area contributed by atoms with Gasteiger partial charge in [0, 0.05) is 45.8 Å². The summed E-state index contributed by atoms with van der Waals surface area (Å²) in [5.74, 6) is -0.311. The van der Waals surface area contributed by atoms with Crippen molar-refractivity contribution in [2.24, 2.45) is 10.9 Å². The molecule has 7 nitrogen and oxygen atoms in total. The standard InChI is InChI=1S/C31H22Cl2F2N6O/c1-14-2-5-17-15(8-14)3-6-18(28(17)34)20-11-24(36-30(20)35)29-19-10-21(19)31-37-23(12-27(42)41(29)31)22-9-16(32)4-7-25(22)40-13-26(33)38-39-40/h3-4,6-7,9,12-13,19,21,29H,1-2,5,8,10-11H2. The average molecular weight is 603 g/mol. The van der Waals surface area contributed by atoms with E-state index in [4.69, 9.17) is 28.2 Å². The van der Waals surface area contributed by atoms with Crippen molar-refractivity contribution in [1.82, 2.24) is 24.5 Å². The zero-order valence-electron chi connectivity index (χ0n) is 22.1. The van der Waals surface area contributed by atoms with Gasteiger partial charge in [-0.05, 0) is 60.9 Å². The van der Waals surface area contributed by atoms with Gasteiger partial charge in [0.1, 0.15) is 11.6 Å². The van der Waals surface area contributed by atoms with Gasteiger partial charge in [0.25, 0.3) is 5.56 Å². The van der Waals surface area contributed by atoms with E-state index in [0.29, 0.717) is 51.9 Å². The highest BCUT2D eigenvalue weighted by Gasteiger charge is 2.56. The smallest absolute Gasteiger partial charge is 0.254 e. The molecule has 4 aromatic rings. The van der Waals surface area contributed by atoms with E-state index < -0.39 is 12.0 Å². The van der Waals surface area contributed by atoms with Crippen molar-refractivity contribution in [3.63, 3.8) is 0 Å². The van der Waals surface area contributed by atoms with Crippen molar-refractivity contribution in [2.45, 2.75) is 44.1 Å². The Morgan fingerprint density at radius 2 is 1.88 bits per heavy atom. The van der Waals surface area contributed by atoms with E-state index in [1.54, 1.807) is 35.0 Å². The summed E-state index contributed by atoms with van der Waals surface area (Å²) in [5, 5.41) is 8.59. The third kappa shape index (κ3) is 3.94. The van der Waals surface area contributed by atoms with Gasteiger partial charge in [0.15, 0.2) is 5.15 Å². The maximum absolute atomic E-state index is 15.6. The highest BCUT2D eigenvalue weighted by Crippen LogP contribution is 2.60. The van der Waals surface area contributed by atoms with Crippen molar-refractivity contribution in [2.75, 3.05) is 0 Å². The molecular weight excluding hydrogens is 581 g/mol. The minimum Gasteiger partial charge on any atom is -0.287 e. The van der Waals surface area contributed by atoms with Crippen LogP contribution in [0.2, 0.25) is 10.2 Å². The molecule has 2 aromatic carbocycles. The van der Waals surface area contributed by atoms with Gasteiger partial charge in [-0.1, -0.05) is 52.7 Å². The van der Waals surface area contributed by atoms with Crippen LogP contribution in [0.3, 0.4) is 0 Å². The van der Waals surface area contributed by atoms with E-state index in [2.05, 4.69) is 21.9 Å². The fraction of sp³-hybridized carbons (Fsp3) is 0.258. The number of aromatic nitrogens is 5. The van der Waals surface area contributed by atoms with E-state index in [1.807, 2.05) is 6.07 Å². The number of halogens is 4. The van der Waals surface area contributed by atoms with E-state index in [-0.39, 0.29) is 45.9 Å². The highest BCUT2D eigenvalue weighted by atomic mass is 35.5. The molecule has 0 N–H and O–H groups in total. The molecule has 11 heteroatoms. The monoisotopic (exact) mass is 602 g/mol. The molecule has 2 aromatic heterocycles. The second-order valence-corrected chi connectivity index (χ2v) is 12.2. The summed E-state index contributed by atoms with van der Waals surface area (Å²) in [6, 6.07) is 9.72. The second kappa shape index (κ2) is 9.28. The summed E-state index contributed by atoms with van der Waals surface area (Å²) >= 11 is 12.3. The Morgan fingerprint density at radius 1 is 1.02 bits per heavy atom. The Balaban J connectivity index is 1.14. The van der Waals surface area contributed by atoms with Gasteiger partial charge < -0.3 is 0 Å². The SMILES string of the molecule is C=C1CCc2c(ccc(C3=C(F)N=C(C4C5CC5c5nc(-c6cc(Cl)ccc6-n6cc(Cl)nn6)cc(=O)n54)C3)c2F)C1. The molecule has 2 aliphatic heterocycles. The Labute approximate surface area is 248 Å². The number of hydrogen-bond acceptors (Lipinski definition) is 5. The molecule has 1 saturated carbocycles. The molecule has 0 radical (unpaired) electrons. The number of hydrogen-bond donors (Lipinski definition) is 0. The third-order valence-electron chi connectivity index (χ3n) is 8.81. The van der Waals surface area contributed by atoms with Crippen LogP contribution in [-0.2, 0) is 12.8 Å². The van der Waals surface area contributed by atoms with Gasteiger partial charge in [-0.15, -0.1) is 5.10 Å². The fourth-order valence-electron chi connectivity index (χ4n) is 6.76. The first kappa shape index (κ1) is 25.7. The molecule has 2 aliphatic carbocycles. The maximum atomic E-state index is 15.6. The number of fused-ring (bicyclic) bond motifs is 4. The zero-order chi connectivity index (χ0) is 28.9. The molecule has 0 amide bonds. The minimum atomic E-state index is -0.692. The number of allylic oxidation sites excluding steroid dienone is 2. The Kier molecular flexibility index (Phi) is 5.68. The van der Waals surface area contributed by atoms with Crippen LogP contribution in [0.4, 0.5) is 8.78 Å². The van der Waals surface area contributed by atoms with Crippen LogP contribution in [0.25, 0.3) is 22.5 Å². The molecular formula is C31H22Cl2F2N6O. The fourth-order valence-corrected chi connectivity index (χ4v) is 7.06. The Hall–Kier alpha value is -3.95. The molecule has 4 aliphatic rings. The highest BCUT2D eigenvalue weighted by molar-refractivity contribution is 6.31. The van der Waals surface area contributed by atoms with Gasteiger partial charge in [-0.3, -0.25) is 9.36 Å². The summed E-state index contributed by atoms with van der Waals surface area (Å²) in [6.07, 6.45) is 4.42. The van der Waals surface area contributed by atoms with E-state index >= 15 is 8.78 Å². The van der Waals surface area contributed by atoms with Crippen LogP contribution < -0.4 is 5.56 Å². The number of nitrogens with zero attached hydrogens (tertiary/aromatic N) is 6. The lowest BCUT2D eigenvalue weighted by atomic mass is 9.85. The van der Waals surface area contributed by atoms with Crippen LogP contribution in [0.15, 0.2) is 70.5 Å². The van der Waals surface area contributed by atoms with Crippen molar-refractivity contribution in [3.05, 3.63) is 110 Å². The lowest BCUT2D eigenvalue weighted by Crippen LogP contribution is -2.30. The summed E-state index contributed by atoms with van der Waals surface area (Å²) < 4.78 is 34.1. The molecule has 8 rings (SSSR count). The van der Waals surface area contributed by atoms with Crippen LogP contribution in [0, 0.1) is 11.7 Å². The molecule has 210 valence electrons. The summed E-state index contributed by atoms with van der Waals surface area (Å²) in [6.45, 7) is 4.03. The molecule has 3 unspecified atom stereocenters. The maximum Gasteiger partial charge on any atom is 0.254 e. The first-order valence-corrected chi connectivity index (χ1v) is 14.5. The van der Waals surface area contributed by atoms with Crippen molar-refractivity contribution < 1.29 is 8.78 Å². The molecule has 0 bridgehead atoms. The van der Waals surface area contributed by atoms with Crippen LogP contribution >= 0.6 is 23.2 Å². The van der Waals surface area contributed by atoms with E-state index in [0.717, 1.165) is 24.0 Å². The molecule has 4 heterocycles. The van der Waals surface area contributed by atoms with Crippen molar-refractivity contribution in [3.8, 4) is 16.9 Å². The van der Waals surface area contributed by atoms with E-state index in [1.165, 1.54) is 10.7 Å². The molecule has 0 spiro atoms. The van der Waals surface area contributed by atoms with Crippen LogP contribution in [-0.4, -0.2) is 30.3 Å². The largest absolute Gasteiger partial charge is 0.287 e. The zero-order valence-corrected chi connectivity index (χ0v) is 23.6. The first-order valence-electron chi connectivity index (χ1n) is 13.7. The lowest BCUT2D eigenvalue weighted by molar-refractivity contribution is 0.572. The van der Waals surface area contributed by atoms with Crippen LogP contribution in [0.5, 0.6) is 0 Å². The number of rotatable bonds is 4. The van der Waals surface area contributed by atoms with Gasteiger partial charge in [0.05, 0.1) is 23.6 Å². The first-order chi connectivity index (χ1) is 20.3. The molecule has 1 fully saturated rings. The summed E-state index contributed by atoms with van der Waals surface area (Å²) in [4.78, 5) is 22.8. The Morgan fingerprint density at radius 3 is 2.69 bits per heavy atom. The minimum absolute atomic E-state index is 0.0505. The quantitative estimate of drug-likeness (QED) is 0.190. The number of aliphatic imine (C=N–C) groups is 1. The van der Waals surface area contributed by atoms with Crippen molar-refractivity contribution in [1.29, 1.82) is 0 Å². The predicted molar refractivity (Wildman–Crippen MR) is 156 cm³/mol. The third-order valence-corrected chi connectivity index (χ3v) is 9.21. The molecule has 0 saturated heterocycles. The molecule has 3 atom stereocenters. The summed E-state index contributed by atoms with van der Waals surface area (Å²) in [5.41, 5.74) is 4.99. The van der Waals surface area contributed by atoms with Gasteiger partial charge in [-0.2, -0.15) is 4.39 Å². The normalized spacial score (nSPS) is 22.2. The van der Waals surface area contributed by atoms with Gasteiger partial charge in [-0.25, -0.2) is 19.0 Å². The van der Waals surface area contributed by atoms with E-state index in [9.17, 15) is 4.79 Å². The second-order valence-electron chi connectivity index (χ2n) is 11.3. The van der Waals surface area contributed by atoms with Crippen LogP contribution in [0.1, 0.15) is 53.7 Å². The molecule has 42 heavy (non-hydrogen) atoms. The van der Waals surface area contributed by atoms with Crippen molar-refractivity contribution >= 4 is 34.5 Å². The topological polar surface area (TPSA) is 78.0 Å². The van der Waals surface area contributed by atoms with Gasteiger partial charge in [0.2, 0.25) is 5.95 Å². The average Bonchev–Trinajstić information content (AvgIpc) is 3.28.